The SMILES string of the molecule is CCC1CC(NCCCO)CN(C(CC)C2CCC2)C1. The maximum absolute atomic E-state index is 8.93. The van der Waals surface area contributed by atoms with E-state index < -0.39 is 0 Å². The third kappa shape index (κ3) is 4.19. The summed E-state index contributed by atoms with van der Waals surface area (Å²) in [5.41, 5.74) is 0. The van der Waals surface area contributed by atoms with Gasteiger partial charge in [0.05, 0.1) is 0 Å². The lowest BCUT2D eigenvalue weighted by molar-refractivity contribution is 0.0391. The average Bonchev–Trinajstić information content (AvgIpc) is 2.42. The molecule has 0 spiro atoms. The predicted molar refractivity (Wildman–Crippen MR) is 84.9 cm³/mol. The quantitative estimate of drug-likeness (QED) is 0.672. The molecule has 0 bridgehead atoms. The minimum atomic E-state index is 0.306. The molecule has 0 aromatic carbocycles. The van der Waals surface area contributed by atoms with Gasteiger partial charge in [-0.3, -0.25) is 4.90 Å². The Bertz CT molecular complexity index is 268. The molecule has 2 fully saturated rings. The lowest BCUT2D eigenvalue weighted by Gasteiger charge is -2.47. The van der Waals surface area contributed by atoms with E-state index in [4.69, 9.17) is 5.11 Å². The van der Waals surface area contributed by atoms with Crippen molar-refractivity contribution in [3.05, 3.63) is 0 Å². The highest BCUT2D eigenvalue weighted by Gasteiger charge is 2.35. The molecule has 0 amide bonds. The number of piperidine rings is 1. The molecule has 0 aromatic rings. The Morgan fingerprint density at radius 2 is 2.05 bits per heavy atom. The van der Waals surface area contributed by atoms with E-state index in [-0.39, 0.29) is 0 Å². The number of aliphatic hydroxyl groups is 1. The van der Waals surface area contributed by atoms with Crippen molar-refractivity contribution in [2.75, 3.05) is 26.2 Å². The molecular formula is C17H34N2O. The summed E-state index contributed by atoms with van der Waals surface area (Å²) in [4.78, 5) is 2.79. The zero-order valence-corrected chi connectivity index (χ0v) is 13.5. The van der Waals surface area contributed by atoms with Gasteiger partial charge in [-0.05, 0) is 50.5 Å². The van der Waals surface area contributed by atoms with E-state index in [9.17, 15) is 0 Å². The van der Waals surface area contributed by atoms with E-state index in [1.54, 1.807) is 0 Å². The molecule has 3 atom stereocenters. The normalized spacial score (nSPS) is 30.1. The second-order valence-electron chi connectivity index (χ2n) is 6.86. The van der Waals surface area contributed by atoms with Crippen LogP contribution in [-0.4, -0.2) is 48.3 Å². The fourth-order valence-corrected chi connectivity index (χ4v) is 4.05. The molecule has 1 saturated carbocycles. The van der Waals surface area contributed by atoms with Crippen LogP contribution >= 0.6 is 0 Å². The molecule has 3 heteroatoms. The molecule has 1 heterocycles. The van der Waals surface area contributed by atoms with Crippen molar-refractivity contribution in [3.63, 3.8) is 0 Å². The largest absolute Gasteiger partial charge is 0.396 e. The van der Waals surface area contributed by atoms with Gasteiger partial charge in [0.25, 0.3) is 0 Å². The number of hydrogen-bond donors (Lipinski definition) is 2. The summed E-state index contributed by atoms with van der Waals surface area (Å²) in [6.45, 7) is 8.50. The van der Waals surface area contributed by atoms with Crippen LogP contribution in [0.25, 0.3) is 0 Å². The molecular weight excluding hydrogens is 248 g/mol. The molecule has 2 aliphatic rings. The molecule has 3 nitrogen and oxygen atoms in total. The van der Waals surface area contributed by atoms with E-state index in [0.717, 1.165) is 30.8 Å². The molecule has 1 saturated heterocycles. The first-order chi connectivity index (χ1) is 9.78. The van der Waals surface area contributed by atoms with Crippen LogP contribution in [0.1, 0.15) is 58.8 Å². The molecule has 1 aliphatic carbocycles. The van der Waals surface area contributed by atoms with E-state index in [2.05, 4.69) is 24.1 Å². The lowest BCUT2D eigenvalue weighted by Crippen LogP contribution is -2.55. The van der Waals surface area contributed by atoms with Crippen LogP contribution in [0.5, 0.6) is 0 Å². The van der Waals surface area contributed by atoms with Gasteiger partial charge in [-0.15, -0.1) is 0 Å². The van der Waals surface area contributed by atoms with Crippen molar-refractivity contribution in [2.45, 2.75) is 70.9 Å². The standard InChI is InChI=1S/C17H34N2O/c1-3-14-11-16(18-9-6-10-20)13-19(12-14)17(4-2)15-7-5-8-15/h14-18,20H,3-13H2,1-2H3. The maximum Gasteiger partial charge on any atom is 0.0443 e. The number of likely N-dealkylation sites (tertiary alicyclic amines) is 1. The third-order valence-electron chi connectivity index (χ3n) is 5.49. The van der Waals surface area contributed by atoms with Crippen molar-refractivity contribution in [1.29, 1.82) is 0 Å². The van der Waals surface area contributed by atoms with Crippen LogP contribution in [0.2, 0.25) is 0 Å². The van der Waals surface area contributed by atoms with Gasteiger partial charge in [-0.2, -0.15) is 0 Å². The summed E-state index contributed by atoms with van der Waals surface area (Å²) in [6, 6.07) is 1.45. The monoisotopic (exact) mass is 282 g/mol. The second kappa shape index (κ2) is 8.35. The molecule has 2 rings (SSSR count). The number of nitrogens with one attached hydrogen (secondary N) is 1. The second-order valence-corrected chi connectivity index (χ2v) is 6.86. The molecule has 0 aromatic heterocycles. The molecule has 118 valence electrons. The van der Waals surface area contributed by atoms with Gasteiger partial charge in [-0.1, -0.05) is 26.7 Å². The predicted octanol–water partition coefficient (Wildman–Crippen LogP) is 2.64. The Hall–Kier alpha value is -0.120. The smallest absolute Gasteiger partial charge is 0.0443 e. The number of aliphatic hydroxyl groups excluding tert-OH is 1. The first-order valence-corrected chi connectivity index (χ1v) is 8.86. The maximum atomic E-state index is 8.93. The summed E-state index contributed by atoms with van der Waals surface area (Å²) in [6.07, 6.45) is 9.17. The van der Waals surface area contributed by atoms with Gasteiger partial charge in [0, 0.05) is 31.8 Å². The summed E-state index contributed by atoms with van der Waals surface area (Å²) in [7, 11) is 0. The van der Waals surface area contributed by atoms with Gasteiger partial charge in [-0.25, -0.2) is 0 Å². The van der Waals surface area contributed by atoms with E-state index >= 15 is 0 Å². The Balaban J connectivity index is 1.89. The summed E-state index contributed by atoms with van der Waals surface area (Å²) in [5.74, 6) is 1.82. The molecule has 20 heavy (non-hydrogen) atoms. The van der Waals surface area contributed by atoms with Crippen LogP contribution in [0, 0.1) is 11.8 Å². The van der Waals surface area contributed by atoms with Gasteiger partial charge in [0.2, 0.25) is 0 Å². The van der Waals surface area contributed by atoms with Crippen LogP contribution < -0.4 is 5.32 Å². The van der Waals surface area contributed by atoms with Crippen LogP contribution in [0.15, 0.2) is 0 Å². The van der Waals surface area contributed by atoms with Crippen molar-refractivity contribution in [1.82, 2.24) is 10.2 Å². The summed E-state index contributed by atoms with van der Waals surface area (Å²) in [5, 5.41) is 12.6. The van der Waals surface area contributed by atoms with Crippen molar-refractivity contribution < 1.29 is 5.11 Å². The molecule has 0 radical (unpaired) electrons. The first kappa shape index (κ1) is 16.3. The highest BCUT2D eigenvalue weighted by Crippen LogP contribution is 2.35. The van der Waals surface area contributed by atoms with E-state index in [1.807, 2.05) is 0 Å². The van der Waals surface area contributed by atoms with Gasteiger partial charge < -0.3 is 10.4 Å². The first-order valence-electron chi connectivity index (χ1n) is 8.86. The topological polar surface area (TPSA) is 35.5 Å². The van der Waals surface area contributed by atoms with E-state index in [1.165, 1.54) is 51.6 Å². The van der Waals surface area contributed by atoms with E-state index in [0.29, 0.717) is 12.6 Å². The number of rotatable bonds is 8. The Kier molecular flexibility index (Phi) is 6.79. The number of hydrogen-bond acceptors (Lipinski definition) is 3. The Labute approximate surface area is 125 Å². The van der Waals surface area contributed by atoms with Gasteiger partial charge in [0.1, 0.15) is 0 Å². The molecule has 3 unspecified atom stereocenters. The van der Waals surface area contributed by atoms with Crippen LogP contribution in [-0.2, 0) is 0 Å². The lowest BCUT2D eigenvalue weighted by atomic mass is 9.77. The Morgan fingerprint density at radius 3 is 2.60 bits per heavy atom. The fraction of sp³-hybridized carbons (Fsp3) is 1.00. The highest BCUT2D eigenvalue weighted by molar-refractivity contribution is 4.90. The Morgan fingerprint density at radius 1 is 1.25 bits per heavy atom. The van der Waals surface area contributed by atoms with Crippen LogP contribution in [0.3, 0.4) is 0 Å². The van der Waals surface area contributed by atoms with Gasteiger partial charge in [0.15, 0.2) is 0 Å². The minimum Gasteiger partial charge on any atom is -0.396 e. The molecule has 2 N–H and O–H groups in total. The fourth-order valence-electron chi connectivity index (χ4n) is 4.05. The zero-order chi connectivity index (χ0) is 14.4. The van der Waals surface area contributed by atoms with Crippen molar-refractivity contribution >= 4 is 0 Å². The average molecular weight is 282 g/mol. The summed E-state index contributed by atoms with van der Waals surface area (Å²) < 4.78 is 0. The summed E-state index contributed by atoms with van der Waals surface area (Å²) >= 11 is 0. The van der Waals surface area contributed by atoms with Crippen LogP contribution in [0.4, 0.5) is 0 Å². The molecule has 1 aliphatic heterocycles. The minimum absolute atomic E-state index is 0.306. The van der Waals surface area contributed by atoms with Crippen molar-refractivity contribution in [3.8, 4) is 0 Å². The third-order valence-corrected chi connectivity index (χ3v) is 5.49. The number of nitrogens with zero attached hydrogens (tertiary/aromatic N) is 1. The van der Waals surface area contributed by atoms with Gasteiger partial charge >= 0.3 is 0 Å². The highest BCUT2D eigenvalue weighted by atomic mass is 16.3. The van der Waals surface area contributed by atoms with Crippen molar-refractivity contribution in [2.24, 2.45) is 11.8 Å². The zero-order valence-electron chi connectivity index (χ0n) is 13.5.